The topological polar surface area (TPSA) is 95.8 Å². The molecule has 8 heteroatoms. The largest absolute Gasteiger partial charge is 0.493 e. The molecule has 1 aliphatic heterocycles. The van der Waals surface area contributed by atoms with Crippen molar-refractivity contribution in [3.05, 3.63) is 41.5 Å². The van der Waals surface area contributed by atoms with Crippen molar-refractivity contribution in [2.24, 2.45) is 11.8 Å². The number of benzene rings is 2. The first kappa shape index (κ1) is 23.0. The Hall–Kier alpha value is -2.68. The van der Waals surface area contributed by atoms with Crippen molar-refractivity contribution >= 4 is 0 Å². The van der Waals surface area contributed by atoms with Crippen LogP contribution in [0.5, 0.6) is 28.7 Å². The summed E-state index contributed by atoms with van der Waals surface area (Å²) in [4.78, 5) is 0. The Kier molecular flexibility index (Phi) is 7.48. The van der Waals surface area contributed by atoms with E-state index in [1.807, 2.05) is 12.1 Å². The van der Waals surface area contributed by atoms with Gasteiger partial charge in [0.25, 0.3) is 0 Å². The molecule has 0 aliphatic carbocycles. The van der Waals surface area contributed by atoms with Crippen LogP contribution < -0.4 is 23.7 Å². The fourth-order valence-corrected chi connectivity index (χ4v) is 4.14. The van der Waals surface area contributed by atoms with E-state index in [0.29, 0.717) is 34.3 Å². The summed E-state index contributed by atoms with van der Waals surface area (Å²) in [5, 5.41) is 21.3. The maximum atomic E-state index is 11.2. The van der Waals surface area contributed by atoms with Crippen molar-refractivity contribution in [3.63, 3.8) is 0 Å². The zero-order valence-electron chi connectivity index (χ0n) is 18.5. The molecule has 1 heterocycles. The van der Waals surface area contributed by atoms with Crippen LogP contribution in [0.1, 0.15) is 23.3 Å². The van der Waals surface area contributed by atoms with Gasteiger partial charge in [-0.05, 0) is 35.4 Å². The predicted octanol–water partition coefficient (Wildman–Crippen LogP) is 2.76. The lowest BCUT2D eigenvalue weighted by molar-refractivity contribution is 0.0631. The fourth-order valence-electron chi connectivity index (χ4n) is 4.14. The summed E-state index contributed by atoms with van der Waals surface area (Å²) in [6.07, 6.45) is -1.30. The third kappa shape index (κ3) is 4.37. The Balaban J connectivity index is 1.91. The molecule has 1 aliphatic rings. The second kappa shape index (κ2) is 10.1. The zero-order chi connectivity index (χ0) is 22.5. The number of rotatable bonds is 9. The molecule has 0 bridgehead atoms. The maximum absolute atomic E-state index is 11.2. The van der Waals surface area contributed by atoms with Gasteiger partial charge in [-0.2, -0.15) is 0 Å². The van der Waals surface area contributed by atoms with Crippen LogP contribution in [0.4, 0.5) is 0 Å². The van der Waals surface area contributed by atoms with Crippen LogP contribution in [0.25, 0.3) is 0 Å². The Morgan fingerprint density at radius 3 is 2.00 bits per heavy atom. The minimum absolute atomic E-state index is 0.148. The molecule has 0 saturated carbocycles. The minimum atomic E-state index is -0.906. The summed E-state index contributed by atoms with van der Waals surface area (Å²) >= 11 is 0. The molecule has 1 fully saturated rings. The fraction of sp³-hybridized carbons (Fsp3) is 0.478. The average molecular weight is 434 g/mol. The highest BCUT2D eigenvalue weighted by Gasteiger charge is 2.42. The van der Waals surface area contributed by atoms with Crippen LogP contribution in [0, 0.1) is 11.8 Å². The Bertz CT molecular complexity index is 859. The summed E-state index contributed by atoms with van der Waals surface area (Å²) in [5.74, 6) is 1.87. The molecule has 2 aromatic rings. The van der Waals surface area contributed by atoms with Gasteiger partial charge in [0.05, 0.1) is 54.4 Å². The van der Waals surface area contributed by atoms with Crippen molar-refractivity contribution < 1.29 is 38.6 Å². The van der Waals surface area contributed by atoms with Crippen molar-refractivity contribution in [3.8, 4) is 28.7 Å². The number of aliphatic hydroxyl groups excluding tert-OH is 2. The molecule has 2 aromatic carbocycles. The first-order valence-corrected chi connectivity index (χ1v) is 9.95. The van der Waals surface area contributed by atoms with Crippen LogP contribution in [-0.2, 0) is 4.74 Å². The summed E-state index contributed by atoms with van der Waals surface area (Å²) in [5.41, 5.74) is 1.44. The van der Waals surface area contributed by atoms with Crippen LogP contribution in [-0.4, -0.2) is 59.0 Å². The van der Waals surface area contributed by atoms with E-state index >= 15 is 0 Å². The molecule has 170 valence electrons. The van der Waals surface area contributed by atoms with Gasteiger partial charge in [-0.15, -0.1) is 0 Å². The minimum Gasteiger partial charge on any atom is -0.493 e. The zero-order valence-corrected chi connectivity index (χ0v) is 18.5. The monoisotopic (exact) mass is 434 g/mol. The molecule has 31 heavy (non-hydrogen) atoms. The first-order valence-electron chi connectivity index (χ1n) is 9.95. The summed E-state index contributed by atoms with van der Waals surface area (Å²) in [7, 11) is 7.71. The Morgan fingerprint density at radius 2 is 1.48 bits per heavy atom. The van der Waals surface area contributed by atoms with Gasteiger partial charge in [0.2, 0.25) is 5.75 Å². The normalized spacial score (nSPS) is 21.5. The van der Waals surface area contributed by atoms with E-state index in [9.17, 15) is 10.2 Å². The van der Waals surface area contributed by atoms with Crippen molar-refractivity contribution in [1.29, 1.82) is 0 Å². The van der Waals surface area contributed by atoms with E-state index in [1.54, 1.807) is 32.4 Å². The molecule has 2 N–H and O–H groups in total. The van der Waals surface area contributed by atoms with Gasteiger partial charge in [-0.25, -0.2) is 0 Å². The molecular formula is C23H30O8. The standard InChI is InChI=1S/C23H30O8/c1-26-17-7-6-13(8-18(17)27-2)22-15(11-24)16(12-31-22)21(25)14-9-19(28-3)23(30-5)20(10-14)29-4/h6-10,15-16,21-22,24-25H,11-12H2,1-5H3/t15-,16-,21+,22-/m0/s1. The molecule has 0 radical (unpaired) electrons. The molecule has 1 saturated heterocycles. The summed E-state index contributed by atoms with van der Waals surface area (Å²) in [6, 6.07) is 8.94. The Morgan fingerprint density at radius 1 is 0.871 bits per heavy atom. The molecular weight excluding hydrogens is 404 g/mol. The smallest absolute Gasteiger partial charge is 0.203 e. The molecule has 0 spiro atoms. The lowest BCUT2D eigenvalue weighted by Crippen LogP contribution is -2.25. The van der Waals surface area contributed by atoms with Crippen LogP contribution in [0.15, 0.2) is 30.3 Å². The van der Waals surface area contributed by atoms with Gasteiger partial charge in [-0.3, -0.25) is 0 Å². The SMILES string of the molecule is COc1ccc([C@@H]2OC[C@H]([C@H](O)c3cc(OC)c(OC)c(OC)c3)[C@@H]2CO)cc1OC. The van der Waals surface area contributed by atoms with E-state index in [-0.39, 0.29) is 25.0 Å². The van der Waals surface area contributed by atoms with Crippen molar-refractivity contribution in [2.75, 3.05) is 48.8 Å². The van der Waals surface area contributed by atoms with E-state index in [0.717, 1.165) is 5.56 Å². The Labute approximate surface area is 182 Å². The van der Waals surface area contributed by atoms with Gasteiger partial charge in [-0.1, -0.05) is 6.07 Å². The summed E-state index contributed by atoms with van der Waals surface area (Å²) < 4.78 is 32.9. The quantitative estimate of drug-likeness (QED) is 0.622. The predicted molar refractivity (Wildman–Crippen MR) is 113 cm³/mol. The molecule has 4 atom stereocenters. The summed E-state index contributed by atoms with van der Waals surface area (Å²) in [6.45, 7) is 0.132. The van der Waals surface area contributed by atoms with Crippen LogP contribution >= 0.6 is 0 Å². The first-order chi connectivity index (χ1) is 15.0. The highest BCUT2D eigenvalue weighted by Crippen LogP contribution is 2.47. The molecule has 0 aromatic heterocycles. The number of hydrogen-bond donors (Lipinski definition) is 2. The van der Waals surface area contributed by atoms with Crippen LogP contribution in [0.2, 0.25) is 0 Å². The van der Waals surface area contributed by atoms with Gasteiger partial charge < -0.3 is 38.6 Å². The third-order valence-electron chi connectivity index (χ3n) is 5.79. The lowest BCUT2D eigenvalue weighted by atomic mass is 9.82. The van der Waals surface area contributed by atoms with E-state index in [4.69, 9.17) is 28.4 Å². The molecule has 8 nitrogen and oxygen atoms in total. The lowest BCUT2D eigenvalue weighted by Gasteiger charge is -2.26. The van der Waals surface area contributed by atoms with Crippen LogP contribution in [0.3, 0.4) is 0 Å². The number of aliphatic hydroxyl groups is 2. The third-order valence-corrected chi connectivity index (χ3v) is 5.79. The maximum Gasteiger partial charge on any atom is 0.203 e. The number of ether oxygens (including phenoxy) is 6. The second-order valence-corrected chi connectivity index (χ2v) is 7.28. The van der Waals surface area contributed by atoms with Gasteiger partial charge in [0.1, 0.15) is 0 Å². The van der Waals surface area contributed by atoms with Gasteiger partial charge >= 0.3 is 0 Å². The molecule has 0 unspecified atom stereocenters. The average Bonchev–Trinajstić information content (AvgIpc) is 3.25. The highest BCUT2D eigenvalue weighted by atomic mass is 16.5. The van der Waals surface area contributed by atoms with Gasteiger partial charge in [0, 0.05) is 18.4 Å². The second-order valence-electron chi connectivity index (χ2n) is 7.28. The van der Waals surface area contributed by atoms with E-state index in [1.165, 1.54) is 21.3 Å². The molecule has 0 amide bonds. The highest BCUT2D eigenvalue weighted by molar-refractivity contribution is 5.54. The van der Waals surface area contributed by atoms with E-state index in [2.05, 4.69) is 0 Å². The van der Waals surface area contributed by atoms with E-state index < -0.39 is 12.2 Å². The van der Waals surface area contributed by atoms with Crippen molar-refractivity contribution in [1.82, 2.24) is 0 Å². The number of methoxy groups -OCH3 is 5. The van der Waals surface area contributed by atoms with Gasteiger partial charge in [0.15, 0.2) is 23.0 Å². The number of hydrogen-bond acceptors (Lipinski definition) is 8. The van der Waals surface area contributed by atoms with Crippen molar-refractivity contribution in [2.45, 2.75) is 12.2 Å². The molecule has 3 rings (SSSR count).